The molecule has 2 rings (SSSR count). The van der Waals surface area contributed by atoms with E-state index in [0.29, 0.717) is 11.0 Å². The summed E-state index contributed by atoms with van der Waals surface area (Å²) in [4.78, 5) is 17.1. The van der Waals surface area contributed by atoms with Crippen LogP contribution < -0.4 is 5.56 Å². The van der Waals surface area contributed by atoms with Crippen LogP contribution in [0.25, 0.3) is 11.0 Å². The van der Waals surface area contributed by atoms with E-state index in [9.17, 15) is 4.79 Å². The highest BCUT2D eigenvalue weighted by Crippen LogP contribution is 1.96. The average Bonchev–Trinajstić information content (AvgIpc) is 2.57. The van der Waals surface area contributed by atoms with E-state index in [2.05, 4.69) is 33.3 Å². The Bertz CT molecular complexity index is 416. The summed E-state index contributed by atoms with van der Waals surface area (Å²) in [5, 5.41) is 6.72. The SMILES string of the molecule is C=C.O=c1[nH]cnc2[nH]ncc12. The lowest BCUT2D eigenvalue weighted by atomic mass is 10.4. The van der Waals surface area contributed by atoms with E-state index >= 15 is 0 Å². The highest BCUT2D eigenvalue weighted by Gasteiger charge is 1.97. The summed E-state index contributed by atoms with van der Waals surface area (Å²) in [6.45, 7) is 6.00. The van der Waals surface area contributed by atoms with Crippen LogP contribution in [0.1, 0.15) is 0 Å². The summed E-state index contributed by atoms with van der Waals surface area (Å²) in [6, 6.07) is 0. The first kappa shape index (κ1) is 8.19. The van der Waals surface area contributed by atoms with E-state index in [0.717, 1.165) is 0 Å². The second-order valence-corrected chi connectivity index (χ2v) is 1.86. The molecule has 0 unspecified atom stereocenters. The van der Waals surface area contributed by atoms with Crippen molar-refractivity contribution in [2.75, 3.05) is 0 Å². The molecule has 0 radical (unpaired) electrons. The van der Waals surface area contributed by atoms with Crippen molar-refractivity contribution in [3.8, 4) is 0 Å². The van der Waals surface area contributed by atoms with Gasteiger partial charge >= 0.3 is 0 Å². The van der Waals surface area contributed by atoms with Gasteiger partial charge in [0.15, 0.2) is 5.65 Å². The molecule has 0 aromatic carbocycles. The predicted octanol–water partition coefficient (Wildman–Crippen LogP) is 0.448. The van der Waals surface area contributed by atoms with Crippen molar-refractivity contribution in [1.29, 1.82) is 0 Å². The molecule has 2 aromatic rings. The molecule has 0 saturated carbocycles. The highest BCUT2D eigenvalue weighted by molar-refractivity contribution is 5.71. The zero-order chi connectivity index (χ0) is 8.97. The van der Waals surface area contributed by atoms with Gasteiger partial charge in [-0.15, -0.1) is 13.2 Å². The molecule has 5 nitrogen and oxygen atoms in total. The van der Waals surface area contributed by atoms with Gasteiger partial charge in [-0.2, -0.15) is 5.10 Å². The number of nitrogens with zero attached hydrogens (tertiary/aromatic N) is 2. The van der Waals surface area contributed by atoms with Crippen LogP contribution in [-0.4, -0.2) is 20.2 Å². The van der Waals surface area contributed by atoms with Crippen molar-refractivity contribution in [3.63, 3.8) is 0 Å². The molecule has 0 aliphatic rings. The number of aromatic nitrogens is 4. The lowest BCUT2D eigenvalue weighted by Crippen LogP contribution is -2.04. The Balaban J connectivity index is 0.000000336. The molecule has 0 spiro atoms. The fourth-order valence-corrected chi connectivity index (χ4v) is 0.777. The summed E-state index contributed by atoms with van der Waals surface area (Å²) in [5.41, 5.74) is 0.350. The zero-order valence-corrected chi connectivity index (χ0v) is 6.37. The lowest BCUT2D eigenvalue weighted by molar-refractivity contribution is 1.08. The van der Waals surface area contributed by atoms with Crippen LogP contribution in [0.4, 0.5) is 0 Å². The van der Waals surface area contributed by atoms with Crippen LogP contribution in [0.5, 0.6) is 0 Å². The Hall–Kier alpha value is -1.91. The number of rotatable bonds is 0. The Kier molecular flexibility index (Phi) is 2.37. The van der Waals surface area contributed by atoms with Gasteiger partial charge in [0.2, 0.25) is 0 Å². The molecule has 0 atom stereocenters. The number of hydrogen-bond acceptors (Lipinski definition) is 3. The summed E-state index contributed by atoms with van der Waals surface area (Å²) in [7, 11) is 0. The third-order valence-electron chi connectivity index (χ3n) is 1.25. The van der Waals surface area contributed by atoms with Crippen molar-refractivity contribution in [1.82, 2.24) is 20.2 Å². The number of H-pyrrole nitrogens is 2. The van der Waals surface area contributed by atoms with Gasteiger partial charge in [0.25, 0.3) is 5.56 Å². The average molecular weight is 164 g/mol. The molecule has 0 aliphatic heterocycles. The van der Waals surface area contributed by atoms with E-state index in [1.54, 1.807) is 0 Å². The van der Waals surface area contributed by atoms with Gasteiger partial charge in [0.05, 0.1) is 12.5 Å². The van der Waals surface area contributed by atoms with Gasteiger partial charge in [-0.3, -0.25) is 9.89 Å². The molecule has 62 valence electrons. The molecule has 12 heavy (non-hydrogen) atoms. The van der Waals surface area contributed by atoms with Crippen molar-refractivity contribution >= 4 is 11.0 Å². The molecule has 0 aliphatic carbocycles. The quantitative estimate of drug-likeness (QED) is 0.555. The highest BCUT2D eigenvalue weighted by atomic mass is 16.1. The number of aromatic amines is 2. The molecule has 0 amide bonds. The van der Waals surface area contributed by atoms with E-state index in [4.69, 9.17) is 0 Å². The maximum Gasteiger partial charge on any atom is 0.261 e. The second-order valence-electron chi connectivity index (χ2n) is 1.86. The van der Waals surface area contributed by atoms with Gasteiger partial charge in [0.1, 0.15) is 5.39 Å². The maximum atomic E-state index is 10.9. The van der Waals surface area contributed by atoms with Gasteiger partial charge in [-0.05, 0) is 0 Å². The van der Waals surface area contributed by atoms with Crippen LogP contribution >= 0.6 is 0 Å². The van der Waals surface area contributed by atoms with Gasteiger partial charge in [0, 0.05) is 0 Å². The normalized spacial score (nSPS) is 9.00. The van der Waals surface area contributed by atoms with E-state index < -0.39 is 0 Å². The van der Waals surface area contributed by atoms with Crippen LogP contribution in [0.2, 0.25) is 0 Å². The Morgan fingerprint density at radius 2 is 2.17 bits per heavy atom. The van der Waals surface area contributed by atoms with Crippen LogP contribution in [-0.2, 0) is 0 Å². The summed E-state index contributed by atoms with van der Waals surface area (Å²) in [6.07, 6.45) is 2.78. The number of fused-ring (bicyclic) bond motifs is 1. The first-order chi connectivity index (χ1) is 5.88. The molecule has 0 saturated heterocycles. The molecule has 2 N–H and O–H groups in total. The van der Waals surface area contributed by atoms with Crippen LogP contribution in [0, 0.1) is 0 Å². The third kappa shape index (κ3) is 1.24. The minimum Gasteiger partial charge on any atom is -0.312 e. The molecule has 0 bridgehead atoms. The van der Waals surface area contributed by atoms with Crippen molar-refractivity contribution in [2.45, 2.75) is 0 Å². The Labute approximate surface area is 68.2 Å². The summed E-state index contributed by atoms with van der Waals surface area (Å²) < 4.78 is 0. The van der Waals surface area contributed by atoms with Crippen molar-refractivity contribution in [2.24, 2.45) is 0 Å². The Morgan fingerprint density at radius 1 is 1.42 bits per heavy atom. The minimum atomic E-state index is -0.168. The topological polar surface area (TPSA) is 74.4 Å². The first-order valence-corrected chi connectivity index (χ1v) is 3.25. The van der Waals surface area contributed by atoms with Crippen LogP contribution in [0.15, 0.2) is 30.5 Å². The number of hydrogen-bond donors (Lipinski definition) is 2. The third-order valence-corrected chi connectivity index (χ3v) is 1.25. The predicted molar refractivity (Wildman–Crippen MR) is 45.8 cm³/mol. The summed E-state index contributed by atoms with van der Waals surface area (Å²) >= 11 is 0. The Morgan fingerprint density at radius 3 is 2.83 bits per heavy atom. The fraction of sp³-hybridized carbons (Fsp3) is 0. The fourth-order valence-electron chi connectivity index (χ4n) is 0.777. The van der Waals surface area contributed by atoms with Crippen LogP contribution in [0.3, 0.4) is 0 Å². The van der Waals surface area contributed by atoms with Gasteiger partial charge < -0.3 is 4.98 Å². The molecule has 0 fully saturated rings. The lowest BCUT2D eigenvalue weighted by Gasteiger charge is -1.81. The monoisotopic (exact) mass is 164 g/mol. The zero-order valence-electron chi connectivity index (χ0n) is 6.37. The standard InChI is InChI=1S/C5H4N4O.C2H4/c10-5-3-1-8-9-4(3)6-2-7-5;1-2/h1-2H,(H2,6,7,8,9,10);1-2H2. The molecule has 2 heterocycles. The van der Waals surface area contributed by atoms with E-state index in [-0.39, 0.29) is 5.56 Å². The van der Waals surface area contributed by atoms with Gasteiger partial charge in [-0.25, -0.2) is 4.98 Å². The van der Waals surface area contributed by atoms with E-state index in [1.165, 1.54) is 12.5 Å². The molecular weight excluding hydrogens is 156 g/mol. The number of nitrogens with one attached hydrogen (secondary N) is 2. The maximum absolute atomic E-state index is 10.9. The van der Waals surface area contributed by atoms with Gasteiger partial charge in [-0.1, -0.05) is 0 Å². The summed E-state index contributed by atoms with van der Waals surface area (Å²) in [5.74, 6) is 0. The van der Waals surface area contributed by atoms with E-state index in [1.807, 2.05) is 0 Å². The van der Waals surface area contributed by atoms with Crippen molar-refractivity contribution < 1.29 is 0 Å². The molecular formula is C7H8N4O. The molecule has 2 aromatic heterocycles. The first-order valence-electron chi connectivity index (χ1n) is 3.25. The van der Waals surface area contributed by atoms with Crippen molar-refractivity contribution in [3.05, 3.63) is 36.0 Å². The second kappa shape index (κ2) is 3.47. The largest absolute Gasteiger partial charge is 0.312 e. The minimum absolute atomic E-state index is 0.168. The smallest absolute Gasteiger partial charge is 0.261 e. The molecule has 5 heteroatoms.